The standard InChI is InChI=1S/C18H24N4O2.ClH/c1-10(2)16-15-13(18(23)22-6-5-11(8-19)9-22)7-14(12-3-4-12)20-17(15)24-21-16;/h7,10-12H,3-6,8-9,19H2,1-2H3;1H. The number of hydrogen-bond donors (Lipinski definition) is 1. The van der Waals surface area contributed by atoms with E-state index in [9.17, 15) is 4.79 Å². The first-order valence-electron chi connectivity index (χ1n) is 8.88. The molecule has 1 atom stereocenters. The number of likely N-dealkylation sites (tertiary alicyclic amines) is 1. The highest BCUT2D eigenvalue weighted by atomic mass is 35.5. The van der Waals surface area contributed by atoms with Gasteiger partial charge in [-0.3, -0.25) is 4.79 Å². The fraction of sp³-hybridized carbons (Fsp3) is 0.611. The molecule has 2 N–H and O–H groups in total. The second-order valence-corrected chi connectivity index (χ2v) is 7.41. The summed E-state index contributed by atoms with van der Waals surface area (Å²) in [6, 6.07) is 1.97. The first kappa shape index (κ1) is 18.1. The van der Waals surface area contributed by atoms with Gasteiger partial charge in [-0.25, -0.2) is 4.98 Å². The molecule has 1 amide bonds. The second kappa shape index (κ2) is 6.92. The Morgan fingerprint density at radius 1 is 1.40 bits per heavy atom. The fourth-order valence-corrected chi connectivity index (χ4v) is 3.52. The summed E-state index contributed by atoms with van der Waals surface area (Å²) in [4.78, 5) is 19.7. The fourth-order valence-electron chi connectivity index (χ4n) is 3.52. The van der Waals surface area contributed by atoms with Gasteiger partial charge in [-0.1, -0.05) is 19.0 Å². The first-order valence-corrected chi connectivity index (χ1v) is 8.88. The molecule has 1 saturated heterocycles. The normalized spacial score (nSPS) is 20.3. The van der Waals surface area contributed by atoms with Gasteiger partial charge in [0, 0.05) is 24.7 Å². The van der Waals surface area contributed by atoms with E-state index >= 15 is 0 Å². The van der Waals surface area contributed by atoms with Crippen molar-refractivity contribution in [1.29, 1.82) is 0 Å². The van der Waals surface area contributed by atoms with E-state index in [1.54, 1.807) is 0 Å². The van der Waals surface area contributed by atoms with Crippen LogP contribution in [0.5, 0.6) is 0 Å². The number of fused-ring (bicyclic) bond motifs is 1. The molecule has 0 spiro atoms. The number of nitrogens with two attached hydrogens (primary N) is 1. The maximum Gasteiger partial charge on any atom is 0.259 e. The van der Waals surface area contributed by atoms with Crippen molar-refractivity contribution in [2.45, 2.75) is 44.9 Å². The molecule has 0 bridgehead atoms. The van der Waals surface area contributed by atoms with E-state index in [1.807, 2.05) is 11.0 Å². The molecule has 1 aliphatic carbocycles. The van der Waals surface area contributed by atoms with Crippen molar-refractivity contribution >= 4 is 29.4 Å². The third-order valence-corrected chi connectivity index (χ3v) is 5.17. The van der Waals surface area contributed by atoms with Crippen LogP contribution in [0.2, 0.25) is 0 Å². The van der Waals surface area contributed by atoms with Gasteiger partial charge in [0.2, 0.25) is 0 Å². The number of hydrogen-bond acceptors (Lipinski definition) is 5. The number of amides is 1. The smallest absolute Gasteiger partial charge is 0.259 e. The molecule has 7 heteroatoms. The van der Waals surface area contributed by atoms with E-state index in [2.05, 4.69) is 24.0 Å². The van der Waals surface area contributed by atoms with E-state index in [0.29, 0.717) is 29.7 Å². The van der Waals surface area contributed by atoms with Crippen LogP contribution < -0.4 is 5.73 Å². The Morgan fingerprint density at radius 2 is 2.16 bits per heavy atom. The van der Waals surface area contributed by atoms with Crippen LogP contribution in [0.15, 0.2) is 10.6 Å². The van der Waals surface area contributed by atoms with Gasteiger partial charge in [0.25, 0.3) is 11.6 Å². The van der Waals surface area contributed by atoms with Crippen LogP contribution in [0.4, 0.5) is 0 Å². The van der Waals surface area contributed by atoms with Crippen molar-refractivity contribution in [1.82, 2.24) is 15.0 Å². The van der Waals surface area contributed by atoms with Crippen LogP contribution in [0, 0.1) is 5.92 Å². The summed E-state index contributed by atoms with van der Waals surface area (Å²) in [6.07, 6.45) is 3.25. The Kier molecular flexibility index (Phi) is 5.02. The Hall–Kier alpha value is -1.66. The average Bonchev–Trinajstić information content (AvgIpc) is 3.16. The van der Waals surface area contributed by atoms with Crippen LogP contribution in [0.1, 0.15) is 66.7 Å². The third kappa shape index (κ3) is 3.25. The molecule has 0 aromatic carbocycles. The van der Waals surface area contributed by atoms with Gasteiger partial charge in [0.05, 0.1) is 16.6 Å². The van der Waals surface area contributed by atoms with Crippen molar-refractivity contribution in [2.24, 2.45) is 11.7 Å². The minimum atomic E-state index is 0. The quantitative estimate of drug-likeness (QED) is 0.901. The van der Waals surface area contributed by atoms with Crippen molar-refractivity contribution in [3.05, 3.63) is 23.0 Å². The van der Waals surface area contributed by atoms with Crippen LogP contribution >= 0.6 is 12.4 Å². The lowest BCUT2D eigenvalue weighted by Gasteiger charge is -2.17. The maximum atomic E-state index is 13.2. The molecule has 6 nitrogen and oxygen atoms in total. The third-order valence-electron chi connectivity index (χ3n) is 5.17. The van der Waals surface area contributed by atoms with Gasteiger partial charge in [-0.2, -0.15) is 0 Å². The number of carbonyl (C=O) groups excluding carboxylic acids is 1. The highest BCUT2D eigenvalue weighted by molar-refractivity contribution is 6.06. The highest BCUT2D eigenvalue weighted by Gasteiger charge is 2.32. The van der Waals surface area contributed by atoms with Crippen molar-refractivity contribution in [2.75, 3.05) is 19.6 Å². The zero-order valence-corrected chi connectivity index (χ0v) is 15.5. The molecule has 2 aromatic heterocycles. The number of pyridine rings is 1. The molecule has 2 aliphatic rings. The van der Waals surface area contributed by atoms with E-state index in [1.165, 1.54) is 0 Å². The second-order valence-electron chi connectivity index (χ2n) is 7.41. The number of rotatable bonds is 4. The summed E-state index contributed by atoms with van der Waals surface area (Å²) in [5, 5.41) is 4.98. The van der Waals surface area contributed by atoms with Crippen molar-refractivity contribution < 1.29 is 9.32 Å². The molecule has 1 saturated carbocycles. The van der Waals surface area contributed by atoms with E-state index < -0.39 is 0 Å². The SMILES string of the molecule is CC(C)c1noc2nc(C3CC3)cc(C(=O)N3CCC(CN)C3)c12.Cl. The Morgan fingerprint density at radius 3 is 2.76 bits per heavy atom. The summed E-state index contributed by atoms with van der Waals surface area (Å²) in [5.74, 6) is 1.11. The van der Waals surface area contributed by atoms with E-state index in [4.69, 9.17) is 10.3 Å². The predicted molar refractivity (Wildman–Crippen MR) is 98.2 cm³/mol. The van der Waals surface area contributed by atoms with Gasteiger partial charge in [0.15, 0.2) is 0 Å². The summed E-state index contributed by atoms with van der Waals surface area (Å²) in [5.41, 5.74) is 8.75. The van der Waals surface area contributed by atoms with Gasteiger partial charge in [0.1, 0.15) is 0 Å². The summed E-state index contributed by atoms with van der Waals surface area (Å²) >= 11 is 0. The first-order chi connectivity index (χ1) is 11.6. The predicted octanol–water partition coefficient (Wildman–Crippen LogP) is 3.07. The van der Waals surface area contributed by atoms with Gasteiger partial charge in [-0.15, -0.1) is 12.4 Å². The highest BCUT2D eigenvalue weighted by Crippen LogP contribution is 2.41. The van der Waals surface area contributed by atoms with Gasteiger partial charge < -0.3 is 15.2 Å². The monoisotopic (exact) mass is 364 g/mol. The zero-order chi connectivity index (χ0) is 16.8. The van der Waals surface area contributed by atoms with E-state index in [-0.39, 0.29) is 24.2 Å². The number of nitrogens with zero attached hydrogens (tertiary/aromatic N) is 3. The molecular formula is C18H25ClN4O2. The molecule has 2 aromatic rings. The lowest BCUT2D eigenvalue weighted by atomic mass is 10.0. The molecule has 25 heavy (non-hydrogen) atoms. The average molecular weight is 365 g/mol. The van der Waals surface area contributed by atoms with Gasteiger partial charge >= 0.3 is 0 Å². The maximum absolute atomic E-state index is 13.2. The molecule has 4 rings (SSSR count). The van der Waals surface area contributed by atoms with Gasteiger partial charge in [-0.05, 0) is 43.7 Å². The molecule has 0 radical (unpaired) electrons. The molecule has 136 valence electrons. The molecular weight excluding hydrogens is 340 g/mol. The lowest BCUT2D eigenvalue weighted by molar-refractivity contribution is 0.0789. The van der Waals surface area contributed by atoms with Crippen LogP contribution in [-0.2, 0) is 0 Å². The lowest BCUT2D eigenvalue weighted by Crippen LogP contribution is -2.30. The van der Waals surface area contributed by atoms with Crippen molar-refractivity contribution in [3.63, 3.8) is 0 Å². The number of aromatic nitrogens is 2. The van der Waals surface area contributed by atoms with Crippen LogP contribution in [0.25, 0.3) is 11.1 Å². The van der Waals surface area contributed by atoms with Crippen molar-refractivity contribution in [3.8, 4) is 0 Å². The van der Waals surface area contributed by atoms with Crippen LogP contribution in [-0.4, -0.2) is 40.6 Å². The summed E-state index contributed by atoms with van der Waals surface area (Å²) < 4.78 is 5.47. The molecule has 1 aliphatic heterocycles. The largest absolute Gasteiger partial charge is 0.338 e. The summed E-state index contributed by atoms with van der Waals surface area (Å²) in [6.45, 7) is 6.25. The molecule has 1 unspecified atom stereocenters. The topological polar surface area (TPSA) is 85.2 Å². The minimum absolute atomic E-state index is 0. The van der Waals surface area contributed by atoms with Crippen LogP contribution in [0.3, 0.4) is 0 Å². The van der Waals surface area contributed by atoms with E-state index in [0.717, 1.165) is 49.1 Å². The molecule has 3 heterocycles. The summed E-state index contributed by atoms with van der Waals surface area (Å²) in [7, 11) is 0. The Bertz CT molecular complexity index is 785. The minimum Gasteiger partial charge on any atom is -0.338 e. The zero-order valence-electron chi connectivity index (χ0n) is 14.7. The number of halogens is 1. The Balaban J connectivity index is 0.00000182. The number of carbonyl (C=O) groups is 1. The molecule has 2 fully saturated rings. The Labute approximate surface area is 153 Å².